The summed E-state index contributed by atoms with van der Waals surface area (Å²) >= 11 is 6.43. The van der Waals surface area contributed by atoms with Gasteiger partial charge in [0.15, 0.2) is 6.61 Å². The van der Waals surface area contributed by atoms with Crippen LogP contribution >= 0.6 is 11.6 Å². The third kappa shape index (κ3) is 6.93. The molecule has 0 spiro atoms. The lowest BCUT2D eigenvalue weighted by atomic mass is 9.90. The number of carbonyl (C=O) groups is 2. The number of likely N-dealkylation sites (N-methyl/N-ethyl adjacent to an activating group) is 1. The SMILES string of the molecule is C[C@@H](c1cc(Oc2ccc(C(=O)O)cc2)ccc1Cl)C(O)c1ccc2c(c1)N(C)C(=O)CO2.FC(F)F. The van der Waals surface area contributed by atoms with Gasteiger partial charge in [0.2, 0.25) is 0 Å². The molecule has 37 heavy (non-hydrogen) atoms. The fraction of sp³-hybridized carbons (Fsp3) is 0.231. The van der Waals surface area contributed by atoms with Crippen LogP contribution in [0.2, 0.25) is 5.02 Å². The zero-order valence-corrected chi connectivity index (χ0v) is 20.5. The maximum Gasteiger partial charge on any atom is 0.379 e. The lowest BCUT2D eigenvalue weighted by Gasteiger charge is -2.28. The van der Waals surface area contributed by atoms with E-state index in [1.807, 2.05) is 6.92 Å². The number of halogens is 4. The van der Waals surface area contributed by atoms with Gasteiger partial charge in [0.25, 0.3) is 5.91 Å². The quantitative estimate of drug-likeness (QED) is 0.388. The van der Waals surface area contributed by atoms with Crippen molar-refractivity contribution in [2.24, 2.45) is 0 Å². The number of aromatic carboxylic acids is 1. The number of benzene rings is 3. The molecule has 4 rings (SSSR count). The smallest absolute Gasteiger partial charge is 0.379 e. The van der Waals surface area contributed by atoms with Crippen LogP contribution in [0.3, 0.4) is 0 Å². The molecule has 0 fully saturated rings. The van der Waals surface area contributed by atoms with Crippen LogP contribution in [-0.2, 0) is 4.79 Å². The number of carboxylic acid groups (broad SMARTS) is 1. The van der Waals surface area contributed by atoms with Crippen LogP contribution in [0.5, 0.6) is 17.2 Å². The van der Waals surface area contributed by atoms with Gasteiger partial charge in [-0.1, -0.05) is 24.6 Å². The Labute approximate surface area is 215 Å². The van der Waals surface area contributed by atoms with E-state index in [1.54, 1.807) is 55.6 Å². The van der Waals surface area contributed by atoms with E-state index in [1.165, 1.54) is 17.0 Å². The first-order valence-corrected chi connectivity index (χ1v) is 11.3. The van der Waals surface area contributed by atoms with E-state index < -0.39 is 18.8 Å². The highest BCUT2D eigenvalue weighted by atomic mass is 35.5. The second kappa shape index (κ2) is 12.0. The van der Waals surface area contributed by atoms with E-state index in [4.69, 9.17) is 26.2 Å². The summed E-state index contributed by atoms with van der Waals surface area (Å²) in [5.74, 6) is 0.000487. The second-order valence-electron chi connectivity index (χ2n) is 8.06. The number of amides is 1. The molecule has 7 nitrogen and oxygen atoms in total. The zero-order valence-electron chi connectivity index (χ0n) is 19.7. The lowest BCUT2D eigenvalue weighted by molar-refractivity contribution is -0.121. The third-order valence-corrected chi connectivity index (χ3v) is 6.02. The maximum absolute atomic E-state index is 12.0. The van der Waals surface area contributed by atoms with E-state index in [0.717, 1.165) is 0 Å². The van der Waals surface area contributed by atoms with E-state index in [9.17, 15) is 27.9 Å². The molecule has 0 bridgehead atoms. The molecule has 0 saturated heterocycles. The normalized spacial score (nSPS) is 14.2. The summed E-state index contributed by atoms with van der Waals surface area (Å²) in [5, 5.41) is 20.6. The van der Waals surface area contributed by atoms with Crippen molar-refractivity contribution in [3.8, 4) is 17.2 Å². The monoisotopic (exact) mass is 537 g/mol. The third-order valence-electron chi connectivity index (χ3n) is 5.68. The fourth-order valence-electron chi connectivity index (χ4n) is 3.67. The van der Waals surface area contributed by atoms with Crippen molar-refractivity contribution in [2.45, 2.75) is 25.6 Å². The molecule has 2 N–H and O–H groups in total. The zero-order chi connectivity index (χ0) is 27.3. The first-order valence-electron chi connectivity index (χ1n) is 10.9. The Kier molecular flexibility index (Phi) is 9.01. The summed E-state index contributed by atoms with van der Waals surface area (Å²) in [4.78, 5) is 24.5. The van der Waals surface area contributed by atoms with Gasteiger partial charge in [-0.15, -0.1) is 0 Å². The van der Waals surface area contributed by atoms with E-state index in [2.05, 4.69) is 0 Å². The molecule has 3 aromatic carbocycles. The van der Waals surface area contributed by atoms with Gasteiger partial charge in [-0.3, -0.25) is 4.79 Å². The number of aliphatic hydroxyl groups excluding tert-OH is 1. The van der Waals surface area contributed by atoms with Crippen LogP contribution < -0.4 is 14.4 Å². The Bertz CT molecular complexity index is 1270. The largest absolute Gasteiger partial charge is 0.482 e. The molecule has 0 aromatic heterocycles. The maximum atomic E-state index is 12.0. The van der Waals surface area contributed by atoms with Gasteiger partial charge in [0, 0.05) is 18.0 Å². The van der Waals surface area contributed by atoms with Crippen LogP contribution in [0.4, 0.5) is 18.9 Å². The number of aliphatic hydroxyl groups is 1. The summed E-state index contributed by atoms with van der Waals surface area (Å²) in [6.07, 6.45) is -0.900. The number of carbonyl (C=O) groups excluding carboxylic acids is 1. The Morgan fingerprint density at radius 3 is 2.30 bits per heavy atom. The van der Waals surface area contributed by atoms with Crippen molar-refractivity contribution in [1.82, 2.24) is 0 Å². The predicted octanol–water partition coefficient (Wildman–Crippen LogP) is 6.20. The van der Waals surface area contributed by atoms with Crippen LogP contribution in [0.15, 0.2) is 60.7 Å². The Balaban J connectivity index is 0.000000886. The average molecular weight is 538 g/mol. The number of fused-ring (bicyclic) bond motifs is 1. The van der Waals surface area contributed by atoms with Crippen molar-refractivity contribution in [3.05, 3.63) is 82.4 Å². The van der Waals surface area contributed by atoms with Gasteiger partial charge in [-0.05, 0) is 65.7 Å². The van der Waals surface area contributed by atoms with Crippen molar-refractivity contribution in [2.75, 3.05) is 18.6 Å². The number of nitrogens with zero attached hydrogens (tertiary/aromatic N) is 1. The van der Waals surface area contributed by atoms with Gasteiger partial charge in [0.1, 0.15) is 17.2 Å². The number of ether oxygens (including phenoxy) is 2. The molecular formula is C26H23ClF3NO6. The van der Waals surface area contributed by atoms with Gasteiger partial charge >= 0.3 is 12.6 Å². The molecule has 2 atom stereocenters. The first-order chi connectivity index (χ1) is 17.5. The highest BCUT2D eigenvalue weighted by Crippen LogP contribution is 2.40. The average Bonchev–Trinajstić information content (AvgIpc) is 2.86. The fourth-order valence-corrected chi connectivity index (χ4v) is 3.96. The van der Waals surface area contributed by atoms with Crippen molar-refractivity contribution >= 4 is 29.2 Å². The Morgan fingerprint density at radius 1 is 1.05 bits per heavy atom. The molecular weight excluding hydrogens is 515 g/mol. The molecule has 1 aliphatic rings. The van der Waals surface area contributed by atoms with Crippen LogP contribution in [-0.4, -0.2) is 42.4 Å². The van der Waals surface area contributed by atoms with E-state index in [0.29, 0.717) is 39.1 Å². The topological polar surface area (TPSA) is 96.3 Å². The summed E-state index contributed by atoms with van der Waals surface area (Å²) < 4.78 is 40.3. The summed E-state index contributed by atoms with van der Waals surface area (Å²) in [6.45, 7) is -1.83. The molecule has 1 unspecified atom stereocenters. The molecule has 196 valence electrons. The minimum atomic E-state index is -3.67. The Hall–Kier alpha value is -3.76. The van der Waals surface area contributed by atoms with Crippen molar-refractivity contribution < 1.29 is 42.4 Å². The molecule has 0 saturated carbocycles. The minimum absolute atomic E-state index is 0.0107. The minimum Gasteiger partial charge on any atom is -0.482 e. The van der Waals surface area contributed by atoms with Gasteiger partial charge < -0.3 is 24.6 Å². The molecule has 1 amide bonds. The van der Waals surface area contributed by atoms with Gasteiger partial charge in [-0.25, -0.2) is 4.79 Å². The van der Waals surface area contributed by atoms with Gasteiger partial charge in [0.05, 0.1) is 17.4 Å². The summed E-state index contributed by atoms with van der Waals surface area (Å²) in [6, 6.07) is 16.5. The molecule has 11 heteroatoms. The van der Waals surface area contributed by atoms with E-state index >= 15 is 0 Å². The van der Waals surface area contributed by atoms with Gasteiger partial charge in [-0.2, -0.15) is 13.2 Å². The molecule has 3 aromatic rings. The van der Waals surface area contributed by atoms with Crippen LogP contribution in [0, 0.1) is 0 Å². The van der Waals surface area contributed by atoms with E-state index in [-0.39, 0.29) is 24.0 Å². The van der Waals surface area contributed by atoms with Crippen molar-refractivity contribution in [3.63, 3.8) is 0 Å². The highest BCUT2D eigenvalue weighted by molar-refractivity contribution is 6.31. The van der Waals surface area contributed by atoms with Crippen LogP contribution in [0.25, 0.3) is 0 Å². The standard InChI is InChI=1S/C25H22ClNO6.CHF3/c1-14(24(29)16-5-10-22-21(11-16)27(2)23(28)13-32-22)19-12-18(8-9-20(19)26)33-17-6-3-15(4-7-17)25(30)31;2-1(3)4/h3-12,14,24,29H,13H2,1-2H3,(H,30,31);1H/t14-,24?;/m0./s1. The highest BCUT2D eigenvalue weighted by Gasteiger charge is 2.26. The molecule has 0 aliphatic carbocycles. The number of alkyl halides is 3. The number of hydrogen-bond donors (Lipinski definition) is 2. The van der Waals surface area contributed by atoms with Crippen LogP contribution in [0.1, 0.15) is 40.4 Å². The molecule has 1 aliphatic heterocycles. The first kappa shape index (κ1) is 27.8. The summed E-state index contributed by atoms with van der Waals surface area (Å²) in [5.41, 5.74) is 2.07. The number of rotatable bonds is 6. The molecule has 0 radical (unpaired) electrons. The Morgan fingerprint density at radius 2 is 1.68 bits per heavy atom. The predicted molar refractivity (Wildman–Crippen MR) is 131 cm³/mol. The number of hydrogen-bond acceptors (Lipinski definition) is 5. The number of anilines is 1. The lowest BCUT2D eigenvalue weighted by Crippen LogP contribution is -2.35. The molecule has 1 heterocycles. The summed E-state index contributed by atoms with van der Waals surface area (Å²) in [7, 11) is 1.67. The van der Waals surface area contributed by atoms with Crippen molar-refractivity contribution in [1.29, 1.82) is 0 Å². The second-order valence-corrected chi connectivity index (χ2v) is 8.47. The number of carboxylic acids is 1.